The number of carbonyl (C=O) groups excluding carboxylic acids is 1. The highest BCUT2D eigenvalue weighted by atomic mass is 19.3. The number of rotatable bonds is 5. The van der Waals surface area contributed by atoms with E-state index in [1.54, 1.807) is 12.1 Å². The van der Waals surface area contributed by atoms with Crippen molar-refractivity contribution in [2.45, 2.75) is 13.0 Å². The van der Waals surface area contributed by atoms with E-state index in [1.807, 2.05) is 30.3 Å². The number of alkyl halides is 2. The third kappa shape index (κ3) is 6.18. The zero-order chi connectivity index (χ0) is 16.5. The lowest BCUT2D eigenvalue weighted by Crippen LogP contribution is -2.25. The van der Waals surface area contributed by atoms with Crippen LogP contribution in [0.4, 0.5) is 8.78 Å². The molecule has 0 radical (unpaired) electrons. The molecule has 0 aliphatic heterocycles. The van der Waals surface area contributed by atoms with Gasteiger partial charge in [0.2, 0.25) is 5.91 Å². The SMILES string of the molecule is O=C(Cc1ccc(OC(F)F)cc1)NCC#Cc1ccccc1. The van der Waals surface area contributed by atoms with Crippen LogP contribution >= 0.6 is 0 Å². The summed E-state index contributed by atoms with van der Waals surface area (Å²) in [6, 6.07) is 15.4. The van der Waals surface area contributed by atoms with E-state index in [0.717, 1.165) is 5.56 Å². The molecule has 5 heteroatoms. The second kappa shape index (κ2) is 8.54. The Morgan fingerprint density at radius 3 is 2.43 bits per heavy atom. The Morgan fingerprint density at radius 1 is 1.09 bits per heavy atom. The largest absolute Gasteiger partial charge is 0.435 e. The van der Waals surface area contributed by atoms with Crippen LogP contribution in [-0.4, -0.2) is 19.1 Å². The van der Waals surface area contributed by atoms with Crippen LogP contribution in [-0.2, 0) is 11.2 Å². The highest BCUT2D eigenvalue weighted by Gasteiger charge is 2.05. The fourth-order valence-electron chi connectivity index (χ4n) is 1.85. The van der Waals surface area contributed by atoms with Crippen molar-refractivity contribution in [3.05, 3.63) is 65.7 Å². The average molecular weight is 315 g/mol. The first-order valence-corrected chi connectivity index (χ1v) is 6.98. The second-order valence-electron chi connectivity index (χ2n) is 4.64. The van der Waals surface area contributed by atoms with E-state index in [4.69, 9.17) is 0 Å². The van der Waals surface area contributed by atoms with Gasteiger partial charge < -0.3 is 10.1 Å². The first-order valence-electron chi connectivity index (χ1n) is 6.98. The predicted octanol–water partition coefficient (Wildman–Crippen LogP) is 3.00. The first kappa shape index (κ1) is 16.5. The topological polar surface area (TPSA) is 38.3 Å². The van der Waals surface area contributed by atoms with Gasteiger partial charge in [-0.05, 0) is 29.8 Å². The standard InChI is InChI=1S/C18H15F2NO2/c19-18(20)23-16-10-8-15(9-11-16)13-17(22)21-12-4-7-14-5-2-1-3-6-14/h1-3,5-6,8-11,18H,12-13H2,(H,21,22). The zero-order valence-corrected chi connectivity index (χ0v) is 12.3. The molecule has 118 valence electrons. The van der Waals surface area contributed by atoms with Crippen molar-refractivity contribution in [2.24, 2.45) is 0 Å². The number of hydrogen-bond donors (Lipinski definition) is 1. The number of hydrogen-bond acceptors (Lipinski definition) is 2. The molecule has 0 atom stereocenters. The Bertz CT molecular complexity index is 688. The minimum Gasteiger partial charge on any atom is -0.435 e. The van der Waals surface area contributed by atoms with Crippen LogP contribution in [0.2, 0.25) is 0 Å². The molecule has 0 aliphatic carbocycles. The van der Waals surface area contributed by atoms with E-state index >= 15 is 0 Å². The maximum Gasteiger partial charge on any atom is 0.387 e. The summed E-state index contributed by atoms with van der Waals surface area (Å²) in [5, 5.41) is 2.68. The summed E-state index contributed by atoms with van der Waals surface area (Å²) in [7, 11) is 0. The molecular formula is C18H15F2NO2. The quantitative estimate of drug-likeness (QED) is 0.862. The normalized spacial score (nSPS) is 9.87. The van der Waals surface area contributed by atoms with Crippen molar-refractivity contribution in [2.75, 3.05) is 6.54 Å². The molecule has 3 nitrogen and oxygen atoms in total. The average Bonchev–Trinajstić information content (AvgIpc) is 2.54. The summed E-state index contributed by atoms with van der Waals surface area (Å²) in [6.07, 6.45) is 0.155. The zero-order valence-electron chi connectivity index (χ0n) is 12.3. The van der Waals surface area contributed by atoms with Crippen molar-refractivity contribution < 1.29 is 18.3 Å². The second-order valence-corrected chi connectivity index (χ2v) is 4.64. The minimum absolute atomic E-state index is 0.0675. The molecule has 2 rings (SSSR count). The minimum atomic E-state index is -2.85. The van der Waals surface area contributed by atoms with Gasteiger partial charge in [0.25, 0.3) is 0 Å². The molecule has 0 aliphatic rings. The van der Waals surface area contributed by atoms with Gasteiger partial charge in [-0.1, -0.05) is 42.2 Å². The van der Waals surface area contributed by atoms with E-state index in [-0.39, 0.29) is 24.6 Å². The Hall–Kier alpha value is -2.87. The van der Waals surface area contributed by atoms with Crippen LogP contribution in [0.15, 0.2) is 54.6 Å². The van der Waals surface area contributed by atoms with Crippen LogP contribution in [0.25, 0.3) is 0 Å². The van der Waals surface area contributed by atoms with Crippen molar-refractivity contribution in [3.63, 3.8) is 0 Å². The van der Waals surface area contributed by atoms with Gasteiger partial charge in [-0.15, -0.1) is 0 Å². The number of amides is 1. The molecule has 0 unspecified atom stereocenters. The van der Waals surface area contributed by atoms with E-state index < -0.39 is 6.61 Å². The molecule has 23 heavy (non-hydrogen) atoms. The van der Waals surface area contributed by atoms with Crippen LogP contribution in [0.1, 0.15) is 11.1 Å². The third-order valence-electron chi connectivity index (χ3n) is 2.89. The monoisotopic (exact) mass is 315 g/mol. The van der Waals surface area contributed by atoms with Crippen molar-refractivity contribution in [1.82, 2.24) is 5.32 Å². The molecule has 0 saturated carbocycles. The molecule has 0 spiro atoms. The van der Waals surface area contributed by atoms with Gasteiger partial charge in [0.05, 0.1) is 13.0 Å². The smallest absolute Gasteiger partial charge is 0.387 e. The van der Waals surface area contributed by atoms with E-state index in [9.17, 15) is 13.6 Å². The maximum absolute atomic E-state index is 12.0. The summed E-state index contributed by atoms with van der Waals surface area (Å²) < 4.78 is 28.3. The highest BCUT2D eigenvalue weighted by Crippen LogP contribution is 2.15. The van der Waals surface area contributed by atoms with Gasteiger partial charge >= 0.3 is 6.61 Å². The number of ether oxygens (including phenoxy) is 1. The molecule has 1 N–H and O–H groups in total. The number of carbonyl (C=O) groups is 1. The highest BCUT2D eigenvalue weighted by molar-refractivity contribution is 5.78. The third-order valence-corrected chi connectivity index (χ3v) is 2.89. The Labute approximate surface area is 133 Å². The van der Waals surface area contributed by atoms with E-state index in [2.05, 4.69) is 21.9 Å². The van der Waals surface area contributed by atoms with Gasteiger partial charge in [-0.3, -0.25) is 4.79 Å². The van der Waals surface area contributed by atoms with Crippen molar-refractivity contribution in [3.8, 4) is 17.6 Å². The van der Waals surface area contributed by atoms with Crippen LogP contribution in [0.5, 0.6) is 5.75 Å². The van der Waals surface area contributed by atoms with Gasteiger partial charge in [0, 0.05) is 5.56 Å². The molecule has 1 amide bonds. The molecular weight excluding hydrogens is 300 g/mol. The Balaban J connectivity index is 1.77. The Morgan fingerprint density at radius 2 is 1.78 bits per heavy atom. The lowest BCUT2D eigenvalue weighted by molar-refractivity contribution is -0.120. The summed E-state index contributed by atoms with van der Waals surface area (Å²) in [5.74, 6) is 5.68. The predicted molar refractivity (Wildman–Crippen MR) is 83.1 cm³/mol. The summed E-state index contributed by atoms with van der Waals surface area (Å²) in [6.45, 7) is -2.60. The summed E-state index contributed by atoms with van der Waals surface area (Å²) in [4.78, 5) is 11.8. The number of nitrogens with one attached hydrogen (secondary N) is 1. The lowest BCUT2D eigenvalue weighted by atomic mass is 10.1. The van der Waals surface area contributed by atoms with Crippen LogP contribution in [0.3, 0.4) is 0 Å². The molecule has 0 aromatic heterocycles. The molecule has 2 aromatic carbocycles. The van der Waals surface area contributed by atoms with Crippen molar-refractivity contribution >= 4 is 5.91 Å². The fraction of sp³-hybridized carbons (Fsp3) is 0.167. The molecule has 2 aromatic rings. The molecule has 0 bridgehead atoms. The van der Waals surface area contributed by atoms with E-state index in [1.165, 1.54) is 12.1 Å². The first-order chi connectivity index (χ1) is 11.1. The summed E-state index contributed by atoms with van der Waals surface area (Å²) in [5.41, 5.74) is 1.59. The molecule has 0 saturated heterocycles. The van der Waals surface area contributed by atoms with Gasteiger partial charge in [0.1, 0.15) is 5.75 Å². The van der Waals surface area contributed by atoms with E-state index in [0.29, 0.717) is 5.56 Å². The number of halogens is 2. The Kier molecular flexibility index (Phi) is 6.13. The molecule has 0 heterocycles. The fourth-order valence-corrected chi connectivity index (χ4v) is 1.85. The maximum atomic E-state index is 12.0. The van der Waals surface area contributed by atoms with Crippen LogP contribution < -0.4 is 10.1 Å². The molecule has 0 fully saturated rings. The van der Waals surface area contributed by atoms with Gasteiger partial charge in [0.15, 0.2) is 0 Å². The van der Waals surface area contributed by atoms with Crippen molar-refractivity contribution in [1.29, 1.82) is 0 Å². The van der Waals surface area contributed by atoms with Gasteiger partial charge in [-0.2, -0.15) is 8.78 Å². The summed E-state index contributed by atoms with van der Waals surface area (Å²) >= 11 is 0. The van der Waals surface area contributed by atoms with Gasteiger partial charge in [-0.25, -0.2) is 0 Å². The number of benzene rings is 2. The lowest BCUT2D eigenvalue weighted by Gasteiger charge is -2.05. The van der Waals surface area contributed by atoms with Crippen LogP contribution in [0, 0.1) is 11.8 Å².